The molecule has 7 rings (SSSR count). The molecular formula is C44H57Br2N9O10. The monoisotopic (exact) mass is 1030 g/mol. The number of unbranched alkanes of at least 4 members (excludes halogenated alkanes) is 1. The molecule has 5 heterocycles. The number of aromatic hydroxyl groups is 1. The van der Waals surface area contributed by atoms with E-state index in [4.69, 9.17) is 4.74 Å². The van der Waals surface area contributed by atoms with Crippen LogP contribution in [0.2, 0.25) is 0 Å². The van der Waals surface area contributed by atoms with Crippen LogP contribution in [0, 0.1) is 0 Å². The molecule has 21 heteroatoms. The van der Waals surface area contributed by atoms with Crippen molar-refractivity contribution in [3.63, 3.8) is 0 Å². The molecule has 2 aromatic carbocycles. The van der Waals surface area contributed by atoms with Crippen LogP contribution in [0.1, 0.15) is 43.2 Å². The third-order valence-electron chi connectivity index (χ3n) is 12.6. The second-order valence-electron chi connectivity index (χ2n) is 16.8. The maximum absolute atomic E-state index is 14.5. The first-order valence-corrected chi connectivity index (χ1v) is 23.6. The molecule has 0 unspecified atom stereocenters. The number of amides is 6. The van der Waals surface area contributed by atoms with Gasteiger partial charge in [0.15, 0.2) is 0 Å². The predicted molar refractivity (Wildman–Crippen MR) is 246 cm³/mol. The Bertz CT molecular complexity index is 2100. The van der Waals surface area contributed by atoms with Gasteiger partial charge in [0.05, 0.1) is 15.6 Å². The Kier molecular flexibility index (Phi) is 16.5. The number of piperidine rings is 1. The molecule has 6 amide bonds. The zero-order valence-electron chi connectivity index (χ0n) is 35.8. The molecule has 0 aliphatic carbocycles. The van der Waals surface area contributed by atoms with Crippen molar-refractivity contribution in [3.8, 4) is 5.75 Å². The SMILES string of the molecule is O=C(N[C@@H](CCCCN[C@H]1O[C@H](CO)[C@@H](O)[C@H](O)[C@H]1O)C(=O)N1CCN(c2ccncc2)CC1)[C@@H](Cc1cc(Br)c(O)c(Br)c1)NC(=O)N1CCC(N2Cc3ccccc3NC2=O)CC1. The van der Waals surface area contributed by atoms with Gasteiger partial charge in [-0.15, -0.1) is 0 Å². The number of ether oxygens (including phenoxy) is 1. The minimum Gasteiger partial charge on any atom is -0.506 e. The summed E-state index contributed by atoms with van der Waals surface area (Å²) in [5, 5.41) is 62.7. The fourth-order valence-corrected chi connectivity index (χ4v) is 10.1. The van der Waals surface area contributed by atoms with E-state index >= 15 is 0 Å². The Morgan fingerprint density at radius 3 is 2.25 bits per heavy atom. The molecule has 4 aliphatic heterocycles. The molecule has 65 heavy (non-hydrogen) atoms. The number of benzene rings is 2. The third-order valence-corrected chi connectivity index (χ3v) is 13.8. The molecule has 9 N–H and O–H groups in total. The number of hydrogen-bond acceptors (Lipinski definition) is 13. The molecule has 1 aromatic heterocycles. The number of hydrogen-bond donors (Lipinski definition) is 9. The van der Waals surface area contributed by atoms with Crippen molar-refractivity contribution in [1.29, 1.82) is 0 Å². The number of phenolic OH excluding ortho intramolecular Hbond substituents is 1. The minimum absolute atomic E-state index is 0.0212. The van der Waals surface area contributed by atoms with Crippen LogP contribution < -0.4 is 26.2 Å². The maximum atomic E-state index is 14.5. The van der Waals surface area contributed by atoms with Crippen LogP contribution in [0.3, 0.4) is 0 Å². The summed E-state index contributed by atoms with van der Waals surface area (Å²) >= 11 is 6.73. The molecule has 4 aliphatic rings. The van der Waals surface area contributed by atoms with Gasteiger partial charge < -0.3 is 65.8 Å². The Labute approximate surface area is 393 Å². The molecule has 0 spiro atoms. The number of likely N-dealkylation sites (tertiary alicyclic amines) is 1. The van der Waals surface area contributed by atoms with Crippen LogP contribution in [0.4, 0.5) is 21.0 Å². The first-order chi connectivity index (χ1) is 31.3. The van der Waals surface area contributed by atoms with Gasteiger partial charge in [0, 0.05) is 82.0 Å². The average Bonchev–Trinajstić information content (AvgIpc) is 3.32. The van der Waals surface area contributed by atoms with Crippen molar-refractivity contribution in [2.45, 2.75) is 93.8 Å². The molecule has 3 fully saturated rings. The molecule has 352 valence electrons. The van der Waals surface area contributed by atoms with Crippen LogP contribution in [-0.4, -0.2) is 170 Å². The number of carbonyl (C=O) groups is 4. The number of rotatable bonds is 15. The second kappa shape index (κ2) is 22.3. The van der Waals surface area contributed by atoms with E-state index in [2.05, 4.69) is 63.0 Å². The van der Waals surface area contributed by atoms with E-state index in [0.717, 1.165) is 16.9 Å². The summed E-state index contributed by atoms with van der Waals surface area (Å²) < 4.78 is 6.34. The van der Waals surface area contributed by atoms with Gasteiger partial charge in [-0.25, -0.2) is 9.59 Å². The van der Waals surface area contributed by atoms with Gasteiger partial charge >= 0.3 is 12.1 Å². The van der Waals surface area contributed by atoms with E-state index < -0.39 is 61.3 Å². The molecule has 0 saturated carbocycles. The molecule has 3 saturated heterocycles. The molecule has 7 atom stereocenters. The van der Waals surface area contributed by atoms with Crippen LogP contribution in [0.5, 0.6) is 5.75 Å². The summed E-state index contributed by atoms with van der Waals surface area (Å²) in [5.74, 6) is -0.880. The number of para-hydroxylation sites is 1. The van der Waals surface area contributed by atoms with Crippen LogP contribution in [0.15, 0.2) is 69.9 Å². The van der Waals surface area contributed by atoms with Crippen molar-refractivity contribution in [3.05, 3.63) is 81.0 Å². The number of pyridine rings is 1. The van der Waals surface area contributed by atoms with Crippen LogP contribution >= 0.6 is 31.9 Å². The number of piperazine rings is 1. The summed E-state index contributed by atoms with van der Waals surface area (Å²) in [7, 11) is 0. The number of aromatic nitrogens is 1. The number of aliphatic hydroxyl groups is 4. The van der Waals surface area contributed by atoms with Crippen molar-refractivity contribution in [1.82, 2.24) is 35.6 Å². The van der Waals surface area contributed by atoms with Gasteiger partial charge in [0.1, 0.15) is 48.5 Å². The summed E-state index contributed by atoms with van der Waals surface area (Å²) in [6.07, 6.45) is -0.941. The second-order valence-corrected chi connectivity index (χ2v) is 18.5. The van der Waals surface area contributed by atoms with Crippen molar-refractivity contribution < 1.29 is 49.4 Å². The number of nitrogens with zero attached hydrogens (tertiary/aromatic N) is 5. The van der Waals surface area contributed by atoms with E-state index in [1.54, 1.807) is 39.2 Å². The summed E-state index contributed by atoms with van der Waals surface area (Å²) in [6.45, 7) is 2.81. The zero-order chi connectivity index (χ0) is 46.2. The zero-order valence-corrected chi connectivity index (χ0v) is 38.9. The highest BCUT2D eigenvalue weighted by Gasteiger charge is 2.43. The number of aliphatic hydroxyl groups excluding tert-OH is 4. The Balaban J connectivity index is 1.03. The van der Waals surface area contributed by atoms with E-state index in [1.807, 2.05) is 36.4 Å². The third kappa shape index (κ3) is 11.9. The fourth-order valence-electron chi connectivity index (χ4n) is 8.80. The van der Waals surface area contributed by atoms with Crippen molar-refractivity contribution in [2.24, 2.45) is 0 Å². The Morgan fingerprint density at radius 2 is 1.55 bits per heavy atom. The number of urea groups is 2. The topological polar surface area (TPSA) is 253 Å². The van der Waals surface area contributed by atoms with Gasteiger partial charge in [-0.2, -0.15) is 0 Å². The lowest BCUT2D eigenvalue weighted by molar-refractivity contribution is -0.236. The number of halogens is 2. The highest BCUT2D eigenvalue weighted by Crippen LogP contribution is 2.34. The van der Waals surface area contributed by atoms with Gasteiger partial charge in [-0.1, -0.05) is 18.2 Å². The van der Waals surface area contributed by atoms with Crippen molar-refractivity contribution >= 4 is 67.1 Å². The summed E-state index contributed by atoms with van der Waals surface area (Å²) in [6, 6.07) is 11.9. The quantitative estimate of drug-likeness (QED) is 0.0988. The smallest absolute Gasteiger partial charge is 0.322 e. The van der Waals surface area contributed by atoms with Gasteiger partial charge in [0.2, 0.25) is 11.8 Å². The largest absolute Gasteiger partial charge is 0.506 e. The number of nitrogens with one attached hydrogen (secondary N) is 4. The Hall–Kier alpha value is -4.61. The highest BCUT2D eigenvalue weighted by molar-refractivity contribution is 9.11. The standard InChI is InChI=1S/C44H57Br2N9O10/c45-30-21-26(22-31(46)36(30)57)23-34(51-43(63)54-15-10-29(11-16-54)55-24-27-5-1-2-6-32(27)50-44(55)64)40(61)49-33(42(62)53-19-17-52(18-20-53)28-8-13-47-14-9-28)7-3-4-12-48-41-39(60)38(59)37(58)35(25-56)65-41/h1-2,5-6,8-9,13-14,21-22,29,33-35,37-39,41,48,56-60H,3-4,7,10-12,15-20,23-25H2,(H,49,61)(H,50,64)(H,51,63)/t33-,34+,35+,37+,38-,39+,41-/m0/s1. The number of phenols is 1. The van der Waals surface area contributed by atoms with Gasteiger partial charge in [0.25, 0.3) is 0 Å². The van der Waals surface area contributed by atoms with Crippen LogP contribution in [-0.2, 0) is 27.3 Å². The summed E-state index contributed by atoms with van der Waals surface area (Å²) in [4.78, 5) is 67.3. The van der Waals surface area contributed by atoms with E-state index in [9.17, 15) is 44.7 Å². The average molecular weight is 1030 g/mol. The van der Waals surface area contributed by atoms with Gasteiger partial charge in [-0.3, -0.25) is 19.9 Å². The van der Waals surface area contributed by atoms with Crippen molar-refractivity contribution in [2.75, 3.05) is 62.6 Å². The minimum atomic E-state index is -1.53. The lowest BCUT2D eigenvalue weighted by Gasteiger charge is -2.40. The normalized spacial score (nSPS) is 23.6. The first-order valence-electron chi connectivity index (χ1n) is 22.0. The molecule has 19 nitrogen and oxygen atoms in total. The number of anilines is 2. The summed E-state index contributed by atoms with van der Waals surface area (Å²) in [5.41, 5.74) is 3.41. The van der Waals surface area contributed by atoms with Crippen LogP contribution in [0.25, 0.3) is 0 Å². The van der Waals surface area contributed by atoms with Gasteiger partial charge in [-0.05, 0) is 112 Å². The number of carbonyl (C=O) groups excluding carboxylic acids is 4. The first kappa shape index (κ1) is 48.3. The molecular weight excluding hydrogens is 974 g/mol. The lowest BCUT2D eigenvalue weighted by atomic mass is 9.98. The maximum Gasteiger partial charge on any atom is 0.322 e. The van der Waals surface area contributed by atoms with E-state index in [1.165, 1.54) is 0 Å². The highest BCUT2D eigenvalue weighted by atomic mass is 79.9. The lowest BCUT2D eigenvalue weighted by Crippen LogP contribution is -2.62. The van der Waals surface area contributed by atoms with E-state index in [0.29, 0.717) is 86.0 Å². The van der Waals surface area contributed by atoms with E-state index in [-0.39, 0.29) is 43.1 Å². The fraction of sp³-hybridized carbons (Fsp3) is 0.523. The molecule has 0 radical (unpaired) electrons. The molecule has 0 bridgehead atoms. The molecule has 3 aromatic rings. The number of fused-ring (bicyclic) bond motifs is 1. The Morgan fingerprint density at radius 1 is 0.862 bits per heavy atom. The predicted octanol–water partition coefficient (Wildman–Crippen LogP) is 1.84.